The van der Waals surface area contributed by atoms with Crippen LogP contribution in [0.3, 0.4) is 0 Å². The van der Waals surface area contributed by atoms with E-state index in [1.54, 1.807) is 31.2 Å². The van der Waals surface area contributed by atoms with Crippen molar-refractivity contribution in [1.82, 2.24) is 0 Å². The predicted octanol–water partition coefficient (Wildman–Crippen LogP) is 1.83. The second kappa shape index (κ2) is 4.99. The highest BCUT2D eigenvalue weighted by molar-refractivity contribution is 6.02. The third-order valence-electron chi connectivity index (χ3n) is 2.53. The zero-order chi connectivity index (χ0) is 13.1. The van der Waals surface area contributed by atoms with Crippen molar-refractivity contribution in [2.75, 3.05) is 13.2 Å². The average Bonchev–Trinajstić information content (AvgIpc) is 2.39. The van der Waals surface area contributed by atoms with E-state index in [1.165, 1.54) is 0 Å². The molecule has 0 saturated heterocycles. The summed E-state index contributed by atoms with van der Waals surface area (Å²) in [5.74, 6) is -1.20. The number of benzene rings is 1. The van der Waals surface area contributed by atoms with Gasteiger partial charge in [-0.25, -0.2) is 0 Å². The molecule has 4 nitrogen and oxygen atoms in total. The largest absolute Gasteiger partial charge is 0.492 e. The Labute approximate surface area is 101 Å². The molecule has 2 rings (SSSR count). The van der Waals surface area contributed by atoms with E-state index in [2.05, 4.69) is 0 Å². The Kier molecular flexibility index (Phi) is 3.03. The van der Waals surface area contributed by atoms with Gasteiger partial charge in [0.1, 0.15) is 5.75 Å². The summed E-state index contributed by atoms with van der Waals surface area (Å²) >= 11 is 0. The molecule has 4 heteroatoms. The van der Waals surface area contributed by atoms with E-state index in [0.717, 1.165) is 0 Å². The highest BCUT2D eigenvalue weighted by atomic mass is 16.5. The van der Waals surface area contributed by atoms with E-state index in [1.807, 2.05) is 0 Å². The molecule has 0 unspecified atom stereocenters. The van der Waals surface area contributed by atoms with Crippen molar-refractivity contribution in [3.05, 3.63) is 29.8 Å². The van der Waals surface area contributed by atoms with Gasteiger partial charge in [0.15, 0.2) is 5.78 Å². The smallest absolute Gasteiger partial charge is 0.306 e. The van der Waals surface area contributed by atoms with Gasteiger partial charge >= 0.3 is 5.97 Å². The Hall–Kier alpha value is -1.84. The molecule has 17 heavy (non-hydrogen) atoms. The number of rotatable bonds is 3. The summed E-state index contributed by atoms with van der Waals surface area (Å²) in [7, 11) is 0. The first-order chi connectivity index (χ1) is 8.65. The molecule has 0 N–H and O–H groups in total. The first-order valence-electron chi connectivity index (χ1n) is 6.07. The summed E-state index contributed by atoms with van der Waals surface area (Å²) in [5, 5.41) is 0. The number of carbonyl (C=O) groups is 2. The van der Waals surface area contributed by atoms with Crippen LogP contribution in [0.4, 0.5) is 0 Å². The Balaban J connectivity index is 2.19. The molecule has 0 bridgehead atoms. The lowest BCUT2D eigenvalue weighted by molar-refractivity contribution is -0.144. The SMILES string of the molecule is [2H][C@H](C(=O)OCC)[C@H]1COc2ccccc2C1=O. The molecule has 1 aromatic rings. The topological polar surface area (TPSA) is 52.6 Å². The molecule has 0 aromatic heterocycles. The van der Waals surface area contributed by atoms with Gasteiger partial charge in [-0.2, -0.15) is 0 Å². The fourth-order valence-corrected chi connectivity index (χ4v) is 1.73. The van der Waals surface area contributed by atoms with Crippen LogP contribution in [0.2, 0.25) is 0 Å². The maximum Gasteiger partial charge on any atom is 0.306 e. The Morgan fingerprint density at radius 1 is 1.59 bits per heavy atom. The minimum absolute atomic E-state index is 0.0445. The van der Waals surface area contributed by atoms with Crippen molar-refractivity contribution >= 4 is 11.8 Å². The number of esters is 1. The molecular formula is C13H14O4. The summed E-state index contributed by atoms with van der Waals surface area (Å²) in [6, 6.07) is 6.84. The third kappa shape index (κ3) is 2.46. The van der Waals surface area contributed by atoms with E-state index in [9.17, 15) is 9.59 Å². The number of para-hydroxylation sites is 1. The van der Waals surface area contributed by atoms with Crippen LogP contribution in [0, 0.1) is 5.92 Å². The summed E-state index contributed by atoms with van der Waals surface area (Å²) in [6.07, 6.45) is -1.23. The van der Waals surface area contributed by atoms with Gasteiger partial charge < -0.3 is 9.47 Å². The molecule has 0 radical (unpaired) electrons. The summed E-state index contributed by atoms with van der Waals surface area (Å²) in [5.41, 5.74) is 0.426. The van der Waals surface area contributed by atoms with E-state index >= 15 is 0 Å². The predicted molar refractivity (Wildman–Crippen MR) is 61.0 cm³/mol. The molecular weight excluding hydrogens is 220 g/mol. The van der Waals surface area contributed by atoms with Crippen LogP contribution >= 0.6 is 0 Å². The Morgan fingerprint density at radius 2 is 2.35 bits per heavy atom. The van der Waals surface area contributed by atoms with Gasteiger partial charge in [0.05, 0.1) is 31.1 Å². The van der Waals surface area contributed by atoms with Crippen molar-refractivity contribution in [2.24, 2.45) is 5.92 Å². The monoisotopic (exact) mass is 235 g/mol. The van der Waals surface area contributed by atoms with Crippen LogP contribution in [0.25, 0.3) is 0 Å². The van der Waals surface area contributed by atoms with E-state index < -0.39 is 18.3 Å². The fourth-order valence-electron chi connectivity index (χ4n) is 1.73. The maximum absolute atomic E-state index is 12.2. The van der Waals surface area contributed by atoms with Gasteiger partial charge in [-0.1, -0.05) is 12.1 Å². The first kappa shape index (κ1) is 10.3. The minimum atomic E-state index is -1.23. The molecule has 1 aliphatic rings. The van der Waals surface area contributed by atoms with Gasteiger partial charge in [-0.05, 0) is 19.1 Å². The zero-order valence-electron chi connectivity index (χ0n) is 10.5. The molecule has 2 atom stereocenters. The first-order valence-corrected chi connectivity index (χ1v) is 5.50. The van der Waals surface area contributed by atoms with Crippen molar-refractivity contribution in [3.8, 4) is 5.75 Å². The number of hydrogen-bond acceptors (Lipinski definition) is 4. The van der Waals surface area contributed by atoms with Crippen molar-refractivity contribution in [2.45, 2.75) is 13.3 Å². The Bertz CT molecular complexity index is 472. The van der Waals surface area contributed by atoms with Crippen LogP contribution in [0.15, 0.2) is 24.3 Å². The number of fused-ring (bicyclic) bond motifs is 1. The van der Waals surface area contributed by atoms with Crippen molar-refractivity contribution in [1.29, 1.82) is 0 Å². The van der Waals surface area contributed by atoms with Crippen LogP contribution in [0.5, 0.6) is 5.75 Å². The van der Waals surface area contributed by atoms with E-state index in [0.29, 0.717) is 11.3 Å². The molecule has 0 spiro atoms. The van der Waals surface area contributed by atoms with Gasteiger partial charge in [-0.3, -0.25) is 9.59 Å². The molecule has 90 valence electrons. The fraction of sp³-hybridized carbons (Fsp3) is 0.385. The summed E-state index contributed by atoms with van der Waals surface area (Å²) in [4.78, 5) is 23.6. The summed E-state index contributed by atoms with van der Waals surface area (Å²) in [6.45, 7) is 1.91. The third-order valence-corrected chi connectivity index (χ3v) is 2.53. The quantitative estimate of drug-likeness (QED) is 0.750. The van der Waals surface area contributed by atoms with Gasteiger partial charge in [0.2, 0.25) is 0 Å². The number of ketones is 1. The molecule has 0 amide bonds. The molecule has 1 aromatic carbocycles. The summed E-state index contributed by atoms with van der Waals surface area (Å²) < 4.78 is 17.9. The van der Waals surface area contributed by atoms with Crippen molar-refractivity contribution in [3.63, 3.8) is 0 Å². The lowest BCUT2D eigenvalue weighted by Gasteiger charge is -2.23. The van der Waals surface area contributed by atoms with Crippen molar-refractivity contribution < 1.29 is 20.4 Å². The second-order valence-corrected chi connectivity index (χ2v) is 3.70. The number of hydrogen-bond donors (Lipinski definition) is 0. The standard InChI is InChI=1S/C13H14O4/c1-2-16-12(14)7-9-8-17-11-6-4-3-5-10(11)13(9)15/h3-6,9H,2,7-8H2,1H3/t9-/m0/s1/i7D/t7-,9-. The van der Waals surface area contributed by atoms with E-state index in [4.69, 9.17) is 10.8 Å². The minimum Gasteiger partial charge on any atom is -0.492 e. The molecule has 0 fully saturated rings. The average molecular weight is 235 g/mol. The number of ether oxygens (including phenoxy) is 2. The normalized spacial score (nSPS) is 20.9. The number of Topliss-reactive ketones (excluding diaryl/α,β-unsaturated/α-hetero) is 1. The van der Waals surface area contributed by atoms with Gasteiger partial charge in [-0.15, -0.1) is 0 Å². The van der Waals surface area contributed by atoms with E-state index in [-0.39, 0.29) is 19.0 Å². The zero-order valence-corrected chi connectivity index (χ0v) is 9.51. The highest BCUT2D eigenvalue weighted by Crippen LogP contribution is 2.28. The highest BCUT2D eigenvalue weighted by Gasteiger charge is 2.30. The maximum atomic E-state index is 12.2. The number of carbonyl (C=O) groups excluding carboxylic acids is 2. The molecule has 0 aliphatic carbocycles. The Morgan fingerprint density at radius 3 is 3.12 bits per heavy atom. The molecule has 1 aliphatic heterocycles. The van der Waals surface area contributed by atoms with Crippen LogP contribution < -0.4 is 4.74 Å². The van der Waals surface area contributed by atoms with Crippen LogP contribution in [-0.2, 0) is 9.53 Å². The van der Waals surface area contributed by atoms with Gasteiger partial charge in [0.25, 0.3) is 0 Å². The lowest BCUT2D eigenvalue weighted by Crippen LogP contribution is -2.30. The second-order valence-electron chi connectivity index (χ2n) is 3.70. The van der Waals surface area contributed by atoms with Crippen LogP contribution in [-0.4, -0.2) is 25.0 Å². The van der Waals surface area contributed by atoms with Crippen LogP contribution in [0.1, 0.15) is 25.0 Å². The lowest BCUT2D eigenvalue weighted by atomic mass is 9.92. The van der Waals surface area contributed by atoms with Gasteiger partial charge in [0, 0.05) is 1.37 Å². The molecule has 0 saturated carbocycles. The molecule has 1 heterocycles.